The number of urea groups is 1. The first kappa shape index (κ1) is 17.8. The lowest BCUT2D eigenvalue weighted by molar-refractivity contribution is 0.262. The Kier molecular flexibility index (Phi) is 5.14. The molecule has 0 aliphatic heterocycles. The van der Waals surface area contributed by atoms with Gasteiger partial charge in [-0.15, -0.1) is 11.3 Å². The van der Waals surface area contributed by atoms with E-state index in [1.54, 1.807) is 11.4 Å². The molecule has 0 radical (unpaired) electrons. The number of halogens is 1. The van der Waals surface area contributed by atoms with Crippen molar-refractivity contribution in [2.75, 3.05) is 15.4 Å². The summed E-state index contributed by atoms with van der Waals surface area (Å²) < 4.78 is 40.3. The second-order valence-corrected chi connectivity index (χ2v) is 7.60. The van der Waals surface area contributed by atoms with Crippen LogP contribution in [0.4, 0.5) is 25.7 Å². The zero-order chi connectivity index (χ0) is 18.6. The topological polar surface area (TPSA) is 100 Å². The van der Waals surface area contributed by atoms with Crippen molar-refractivity contribution in [1.29, 1.82) is 0 Å². The summed E-state index contributed by atoms with van der Waals surface area (Å²) in [7, 11) is -3.76. The molecule has 0 bridgehead atoms. The van der Waals surface area contributed by atoms with Crippen LogP contribution in [-0.2, 0) is 10.0 Å². The molecule has 134 valence electrons. The summed E-state index contributed by atoms with van der Waals surface area (Å²) in [6, 6.07) is 10.6. The molecule has 0 aliphatic carbocycles. The molecule has 0 spiro atoms. The molecule has 0 saturated carbocycles. The minimum Gasteiger partial charge on any atom is -0.308 e. The Hall–Kier alpha value is -2.98. The zero-order valence-corrected chi connectivity index (χ0v) is 14.8. The Morgan fingerprint density at radius 1 is 1.04 bits per heavy atom. The normalized spacial score (nSPS) is 11.0. The number of benzene rings is 2. The first-order chi connectivity index (χ1) is 12.4. The standard InChI is InChI=1S/C16H13FN4O3S2/c17-13-3-1-2-4-14(13)20-15(22)19-11-5-7-12(8-6-11)26(23,24)21-16-18-9-10-25-16/h1-10H,(H,18,21)(H2,19,20,22). The Morgan fingerprint density at radius 2 is 1.77 bits per heavy atom. The predicted octanol–water partition coefficient (Wildman–Crippen LogP) is 3.73. The first-order valence-electron chi connectivity index (χ1n) is 7.29. The van der Waals surface area contributed by atoms with Gasteiger partial charge in [0.05, 0.1) is 10.6 Å². The van der Waals surface area contributed by atoms with Crippen molar-refractivity contribution in [2.45, 2.75) is 4.90 Å². The third-order valence-corrected chi connectivity index (χ3v) is 5.37. The summed E-state index contributed by atoms with van der Waals surface area (Å²) in [6.45, 7) is 0. The van der Waals surface area contributed by atoms with Gasteiger partial charge in [-0.2, -0.15) is 0 Å². The van der Waals surface area contributed by atoms with Gasteiger partial charge in [-0.25, -0.2) is 22.6 Å². The number of hydrogen-bond acceptors (Lipinski definition) is 5. The molecular formula is C16H13FN4O3S2. The van der Waals surface area contributed by atoms with Gasteiger partial charge in [0.1, 0.15) is 5.82 Å². The quantitative estimate of drug-likeness (QED) is 0.616. The number of rotatable bonds is 5. The van der Waals surface area contributed by atoms with Crippen molar-refractivity contribution in [3.05, 3.63) is 65.9 Å². The van der Waals surface area contributed by atoms with Crippen molar-refractivity contribution >= 4 is 43.9 Å². The molecule has 3 N–H and O–H groups in total. The lowest BCUT2D eigenvalue weighted by atomic mass is 10.3. The maximum absolute atomic E-state index is 13.5. The van der Waals surface area contributed by atoms with Gasteiger partial charge in [-0.1, -0.05) is 12.1 Å². The average molecular weight is 392 g/mol. The first-order valence-corrected chi connectivity index (χ1v) is 9.65. The summed E-state index contributed by atoms with van der Waals surface area (Å²) in [6.07, 6.45) is 1.49. The fraction of sp³-hybridized carbons (Fsp3) is 0. The Labute approximate surface area is 153 Å². The van der Waals surface area contributed by atoms with Gasteiger partial charge in [-0.3, -0.25) is 4.72 Å². The predicted molar refractivity (Wildman–Crippen MR) is 98.4 cm³/mol. The Morgan fingerprint density at radius 3 is 2.42 bits per heavy atom. The summed E-state index contributed by atoms with van der Waals surface area (Å²) in [5.74, 6) is -0.558. The fourth-order valence-electron chi connectivity index (χ4n) is 2.01. The maximum Gasteiger partial charge on any atom is 0.323 e. The third-order valence-electron chi connectivity index (χ3n) is 3.20. The number of sulfonamides is 1. The van der Waals surface area contributed by atoms with E-state index in [4.69, 9.17) is 0 Å². The van der Waals surface area contributed by atoms with E-state index in [2.05, 4.69) is 20.3 Å². The van der Waals surface area contributed by atoms with Crippen molar-refractivity contribution < 1.29 is 17.6 Å². The monoisotopic (exact) mass is 392 g/mol. The molecule has 2 aromatic carbocycles. The lowest BCUT2D eigenvalue weighted by Crippen LogP contribution is -2.20. The molecule has 0 saturated heterocycles. The van der Waals surface area contributed by atoms with E-state index >= 15 is 0 Å². The van der Waals surface area contributed by atoms with E-state index < -0.39 is 21.9 Å². The van der Waals surface area contributed by atoms with Gasteiger partial charge < -0.3 is 10.6 Å². The number of carbonyl (C=O) groups excluding carboxylic acids is 1. The molecule has 0 aliphatic rings. The van der Waals surface area contributed by atoms with Crippen LogP contribution in [0.1, 0.15) is 0 Å². The van der Waals surface area contributed by atoms with Crippen LogP contribution in [0.15, 0.2) is 65.0 Å². The van der Waals surface area contributed by atoms with E-state index in [1.807, 2.05) is 0 Å². The smallest absolute Gasteiger partial charge is 0.308 e. The van der Waals surface area contributed by atoms with Gasteiger partial charge in [0, 0.05) is 17.3 Å². The van der Waals surface area contributed by atoms with Crippen LogP contribution < -0.4 is 15.4 Å². The van der Waals surface area contributed by atoms with E-state index in [9.17, 15) is 17.6 Å². The number of carbonyl (C=O) groups is 1. The van der Waals surface area contributed by atoms with E-state index in [0.29, 0.717) is 5.69 Å². The van der Waals surface area contributed by atoms with Crippen LogP contribution in [0.2, 0.25) is 0 Å². The Balaban J connectivity index is 1.66. The van der Waals surface area contributed by atoms with Crippen LogP contribution in [0.5, 0.6) is 0 Å². The lowest BCUT2D eigenvalue weighted by Gasteiger charge is -2.09. The highest BCUT2D eigenvalue weighted by atomic mass is 32.2. The van der Waals surface area contributed by atoms with E-state index in [-0.39, 0.29) is 15.7 Å². The Bertz CT molecular complexity index is 1010. The van der Waals surface area contributed by atoms with Gasteiger partial charge in [0.2, 0.25) is 0 Å². The van der Waals surface area contributed by atoms with Crippen LogP contribution in [0.3, 0.4) is 0 Å². The highest BCUT2D eigenvalue weighted by molar-refractivity contribution is 7.93. The fourth-order valence-corrected chi connectivity index (χ4v) is 3.80. The number of hydrogen-bond donors (Lipinski definition) is 3. The molecule has 26 heavy (non-hydrogen) atoms. The average Bonchev–Trinajstić information content (AvgIpc) is 3.10. The number of aromatic nitrogens is 1. The van der Waals surface area contributed by atoms with Crippen molar-refractivity contribution in [3.8, 4) is 0 Å². The van der Waals surface area contributed by atoms with Crippen molar-refractivity contribution in [2.24, 2.45) is 0 Å². The molecule has 7 nitrogen and oxygen atoms in total. The van der Waals surface area contributed by atoms with Crippen LogP contribution in [0.25, 0.3) is 0 Å². The molecule has 1 aromatic heterocycles. The molecule has 2 amide bonds. The van der Waals surface area contributed by atoms with Gasteiger partial charge in [-0.05, 0) is 36.4 Å². The van der Waals surface area contributed by atoms with Gasteiger partial charge in [0.25, 0.3) is 10.0 Å². The summed E-state index contributed by atoms with van der Waals surface area (Å²) in [4.78, 5) is 15.8. The number of nitrogens with one attached hydrogen (secondary N) is 3. The second-order valence-electron chi connectivity index (χ2n) is 5.03. The molecule has 0 atom stereocenters. The highest BCUT2D eigenvalue weighted by Gasteiger charge is 2.15. The summed E-state index contributed by atoms with van der Waals surface area (Å²) in [5, 5.41) is 6.78. The molecule has 3 rings (SSSR count). The minimum atomic E-state index is -3.76. The third kappa shape index (κ3) is 4.35. The molecule has 0 unspecified atom stereocenters. The number of para-hydroxylation sites is 1. The maximum atomic E-state index is 13.5. The second kappa shape index (κ2) is 7.50. The minimum absolute atomic E-state index is 0.0211. The molecule has 3 aromatic rings. The van der Waals surface area contributed by atoms with Gasteiger partial charge >= 0.3 is 6.03 Å². The van der Waals surface area contributed by atoms with Crippen LogP contribution in [0, 0.1) is 5.82 Å². The molecule has 10 heteroatoms. The van der Waals surface area contributed by atoms with Gasteiger partial charge in [0.15, 0.2) is 5.13 Å². The molecule has 1 heterocycles. The number of amides is 2. The number of nitrogens with zero attached hydrogens (tertiary/aromatic N) is 1. The van der Waals surface area contributed by atoms with Crippen molar-refractivity contribution in [3.63, 3.8) is 0 Å². The largest absolute Gasteiger partial charge is 0.323 e. The van der Waals surface area contributed by atoms with Crippen LogP contribution >= 0.6 is 11.3 Å². The van der Waals surface area contributed by atoms with E-state index in [1.165, 1.54) is 48.7 Å². The van der Waals surface area contributed by atoms with Crippen LogP contribution in [-0.4, -0.2) is 19.4 Å². The summed E-state index contributed by atoms with van der Waals surface area (Å²) >= 11 is 1.16. The van der Waals surface area contributed by atoms with E-state index in [0.717, 1.165) is 11.3 Å². The highest BCUT2D eigenvalue weighted by Crippen LogP contribution is 2.20. The summed E-state index contributed by atoms with van der Waals surface area (Å²) in [5.41, 5.74) is 0.392. The molecule has 0 fully saturated rings. The zero-order valence-electron chi connectivity index (χ0n) is 13.1. The van der Waals surface area contributed by atoms with Crippen molar-refractivity contribution in [1.82, 2.24) is 4.98 Å². The molecular weight excluding hydrogens is 379 g/mol. The SMILES string of the molecule is O=C(Nc1ccc(S(=O)(=O)Nc2nccs2)cc1)Nc1ccccc1F. The number of thiazole rings is 1. The number of anilines is 3.